The molecule has 2 spiro atoms. The molecule has 0 N–H and O–H groups in total. The van der Waals surface area contributed by atoms with E-state index >= 15 is 0 Å². The standard InChI is InChI=1S/C74H71N/c1-69(2,3)50-32-38-57-58-39-33-51(70(4,5)6)45-65(58)73(64(57)44-50)61-25-19-20-26-62(61)74(66-46-52(71(7,8)9)34-40-59(66)60-41-35-53(47-67(60)74)72(10,11)12)68-43-49(31-42-63(68)73)28-27-48-29-36-56(37-30-48)75(54-21-15-13-16-22-54)55-23-17-14-18-24-55/h13-47H,1-12H3/b28-27+. The van der Waals surface area contributed by atoms with E-state index in [2.05, 4.69) is 300 Å². The number of benzene rings is 9. The highest BCUT2D eigenvalue weighted by atomic mass is 15.1. The van der Waals surface area contributed by atoms with Crippen molar-refractivity contribution >= 4 is 29.2 Å². The van der Waals surface area contributed by atoms with Crippen LogP contribution >= 0.6 is 0 Å². The molecule has 3 aliphatic carbocycles. The van der Waals surface area contributed by atoms with Gasteiger partial charge >= 0.3 is 0 Å². The Balaban J connectivity index is 1.15. The molecule has 0 amide bonds. The average Bonchev–Trinajstić information content (AvgIpc) is 3.90. The molecule has 75 heavy (non-hydrogen) atoms. The summed E-state index contributed by atoms with van der Waals surface area (Å²) in [6.45, 7) is 28.3. The van der Waals surface area contributed by atoms with Crippen LogP contribution in [0.3, 0.4) is 0 Å². The largest absolute Gasteiger partial charge is 0.311 e. The maximum absolute atomic E-state index is 2.59. The van der Waals surface area contributed by atoms with Crippen LogP contribution in [0.2, 0.25) is 0 Å². The third-order valence-corrected chi connectivity index (χ3v) is 17.0. The maximum atomic E-state index is 2.59. The zero-order valence-corrected chi connectivity index (χ0v) is 46.2. The van der Waals surface area contributed by atoms with Crippen molar-refractivity contribution in [3.63, 3.8) is 0 Å². The number of hydrogen-bond donors (Lipinski definition) is 0. The first-order valence-corrected chi connectivity index (χ1v) is 27.2. The average molecular weight is 974 g/mol. The highest BCUT2D eigenvalue weighted by Gasteiger charge is 2.59. The van der Waals surface area contributed by atoms with E-state index in [4.69, 9.17) is 0 Å². The number of nitrogens with zero attached hydrogens (tertiary/aromatic N) is 1. The molecular formula is C74H71N. The molecule has 0 radical (unpaired) electrons. The van der Waals surface area contributed by atoms with Gasteiger partial charge in [0.2, 0.25) is 0 Å². The molecule has 0 fully saturated rings. The zero-order valence-electron chi connectivity index (χ0n) is 46.2. The van der Waals surface area contributed by atoms with Crippen molar-refractivity contribution in [2.45, 2.75) is 116 Å². The Hall–Kier alpha value is -7.48. The summed E-state index contributed by atoms with van der Waals surface area (Å²) in [6.07, 6.45) is 4.65. The van der Waals surface area contributed by atoms with Gasteiger partial charge in [-0.15, -0.1) is 0 Å². The predicted molar refractivity (Wildman–Crippen MR) is 319 cm³/mol. The van der Waals surface area contributed by atoms with Gasteiger partial charge in [0, 0.05) is 17.1 Å². The van der Waals surface area contributed by atoms with E-state index in [9.17, 15) is 0 Å². The zero-order chi connectivity index (χ0) is 52.5. The Morgan fingerprint density at radius 1 is 0.267 bits per heavy atom. The van der Waals surface area contributed by atoms with Gasteiger partial charge in [-0.3, -0.25) is 0 Å². The van der Waals surface area contributed by atoms with Crippen LogP contribution in [0.1, 0.15) is 161 Å². The molecule has 0 bridgehead atoms. The quantitative estimate of drug-likeness (QED) is 0.155. The van der Waals surface area contributed by atoms with Crippen molar-refractivity contribution in [3.05, 3.63) is 278 Å². The van der Waals surface area contributed by atoms with E-state index < -0.39 is 10.8 Å². The summed E-state index contributed by atoms with van der Waals surface area (Å²) in [5.41, 5.74) is 26.0. The van der Waals surface area contributed by atoms with Crippen molar-refractivity contribution in [3.8, 4) is 22.3 Å². The van der Waals surface area contributed by atoms with Crippen molar-refractivity contribution in [2.24, 2.45) is 0 Å². The molecule has 9 aromatic rings. The highest BCUT2D eigenvalue weighted by molar-refractivity contribution is 5.95. The van der Waals surface area contributed by atoms with Gasteiger partial charge in [-0.25, -0.2) is 0 Å². The van der Waals surface area contributed by atoms with Crippen LogP contribution in [0.15, 0.2) is 200 Å². The van der Waals surface area contributed by atoms with Crippen LogP contribution in [0.25, 0.3) is 34.4 Å². The predicted octanol–water partition coefficient (Wildman–Crippen LogP) is 19.6. The van der Waals surface area contributed by atoms with Crippen molar-refractivity contribution in [1.82, 2.24) is 0 Å². The van der Waals surface area contributed by atoms with Crippen LogP contribution in [-0.2, 0) is 32.5 Å². The molecule has 1 heteroatoms. The molecule has 0 heterocycles. The fourth-order valence-corrected chi connectivity index (χ4v) is 12.9. The lowest BCUT2D eigenvalue weighted by molar-refractivity contribution is 0.576. The molecule has 0 saturated heterocycles. The second-order valence-electron chi connectivity index (χ2n) is 25.8. The SMILES string of the molecule is CC(C)(C)c1ccc2c(c1)C1(c3cc(C(C)(C)C)ccc3-2)c2ccccc2C2(c3cc(C(C)(C)C)ccc3-c3ccc(C(C)(C)C)cc32)c2cc(/C=C/c3ccc(N(c4ccccc4)c4ccccc4)cc3)ccc21. The number of hydrogen-bond acceptors (Lipinski definition) is 1. The van der Waals surface area contributed by atoms with Crippen LogP contribution in [-0.4, -0.2) is 0 Å². The van der Waals surface area contributed by atoms with Crippen molar-refractivity contribution in [1.29, 1.82) is 0 Å². The van der Waals surface area contributed by atoms with Gasteiger partial charge in [0.25, 0.3) is 0 Å². The van der Waals surface area contributed by atoms with Crippen LogP contribution < -0.4 is 4.90 Å². The number of fused-ring (bicyclic) bond motifs is 16. The first-order chi connectivity index (χ1) is 35.7. The smallest absolute Gasteiger partial charge is 0.0720 e. The summed E-state index contributed by atoms with van der Waals surface area (Å²) in [5.74, 6) is 0. The Labute approximate surface area is 447 Å². The second-order valence-corrected chi connectivity index (χ2v) is 25.8. The summed E-state index contributed by atoms with van der Waals surface area (Å²) >= 11 is 0. The lowest BCUT2D eigenvalue weighted by atomic mass is 9.51. The molecule has 9 aromatic carbocycles. The molecule has 0 unspecified atom stereocenters. The summed E-state index contributed by atoms with van der Waals surface area (Å²) in [6, 6.07) is 77.2. The van der Waals surface area contributed by atoms with Gasteiger partial charge in [-0.2, -0.15) is 0 Å². The molecule has 0 aromatic heterocycles. The van der Waals surface area contributed by atoms with E-state index in [-0.39, 0.29) is 21.7 Å². The molecule has 0 aliphatic heterocycles. The van der Waals surface area contributed by atoms with Gasteiger partial charge in [-0.05, 0) is 164 Å². The number of anilines is 3. The lowest BCUT2D eigenvalue weighted by Crippen LogP contribution is -2.44. The first-order valence-electron chi connectivity index (χ1n) is 27.2. The fraction of sp³-hybridized carbons (Fsp3) is 0.243. The Morgan fingerprint density at radius 2 is 0.573 bits per heavy atom. The fourth-order valence-electron chi connectivity index (χ4n) is 12.9. The van der Waals surface area contributed by atoms with E-state index in [0.29, 0.717) is 0 Å². The van der Waals surface area contributed by atoms with Crippen LogP contribution in [0.5, 0.6) is 0 Å². The van der Waals surface area contributed by atoms with Crippen LogP contribution in [0, 0.1) is 0 Å². The van der Waals surface area contributed by atoms with E-state index in [1.54, 1.807) is 0 Å². The molecule has 0 atom stereocenters. The summed E-state index contributed by atoms with van der Waals surface area (Å²) in [5, 5.41) is 0. The van der Waals surface area contributed by atoms with E-state index in [0.717, 1.165) is 22.6 Å². The Bertz CT molecular complexity index is 3560. The molecular weight excluding hydrogens is 903 g/mol. The molecule has 0 saturated carbocycles. The normalized spacial score (nSPS) is 14.8. The van der Waals surface area contributed by atoms with Gasteiger partial charge < -0.3 is 4.90 Å². The minimum Gasteiger partial charge on any atom is -0.311 e. The van der Waals surface area contributed by atoms with Gasteiger partial charge in [-0.1, -0.05) is 253 Å². The third-order valence-electron chi connectivity index (χ3n) is 17.0. The second kappa shape index (κ2) is 17.0. The Morgan fingerprint density at radius 3 is 0.947 bits per heavy atom. The Kier molecular flexibility index (Phi) is 11.0. The minimum absolute atomic E-state index is 0.0515. The number of rotatable bonds is 5. The third kappa shape index (κ3) is 7.55. The molecule has 1 nitrogen and oxygen atoms in total. The monoisotopic (exact) mass is 974 g/mol. The topological polar surface area (TPSA) is 3.24 Å². The lowest BCUT2D eigenvalue weighted by Gasteiger charge is -2.49. The summed E-state index contributed by atoms with van der Waals surface area (Å²) in [4.78, 5) is 2.33. The number of para-hydroxylation sites is 2. The van der Waals surface area contributed by atoms with Crippen LogP contribution in [0.4, 0.5) is 17.1 Å². The molecule has 3 aliphatic rings. The van der Waals surface area contributed by atoms with Gasteiger partial charge in [0.05, 0.1) is 10.8 Å². The van der Waals surface area contributed by atoms with Gasteiger partial charge in [0.1, 0.15) is 0 Å². The van der Waals surface area contributed by atoms with Crippen molar-refractivity contribution in [2.75, 3.05) is 4.90 Å². The van der Waals surface area contributed by atoms with Gasteiger partial charge in [0.15, 0.2) is 0 Å². The van der Waals surface area contributed by atoms with E-state index in [1.807, 2.05) is 0 Å². The summed E-state index contributed by atoms with van der Waals surface area (Å²) in [7, 11) is 0. The minimum atomic E-state index is -0.625. The highest BCUT2D eigenvalue weighted by Crippen LogP contribution is 2.68. The maximum Gasteiger partial charge on any atom is 0.0720 e. The summed E-state index contributed by atoms with van der Waals surface area (Å²) < 4.78 is 0. The van der Waals surface area contributed by atoms with Crippen molar-refractivity contribution < 1.29 is 0 Å². The first kappa shape index (κ1) is 48.5. The molecule has 372 valence electrons. The molecule has 12 rings (SSSR count). The van der Waals surface area contributed by atoms with E-state index in [1.165, 1.54) is 94.6 Å².